The largest absolute Gasteiger partial charge is 0.359 e. The number of nitrogens with one attached hydrogen (secondary N) is 1. The Labute approximate surface area is 119 Å². The second-order valence-electron chi connectivity index (χ2n) is 5.83. The maximum atomic E-state index is 4.67. The van der Waals surface area contributed by atoms with E-state index in [1.54, 1.807) is 0 Å². The lowest BCUT2D eigenvalue weighted by atomic mass is 9.78. The molecular weight excluding hydrogens is 256 g/mol. The lowest BCUT2D eigenvalue weighted by molar-refractivity contribution is 0.251. The molecule has 1 aliphatic heterocycles. The molecule has 0 bridgehead atoms. The second kappa shape index (κ2) is 5.57. The minimum atomic E-state index is 0.349. The third kappa shape index (κ3) is 3.14. The SMILES string of the molecule is CC1CCC2(CC1)CSC(=NCCn1cccn1)N2. The van der Waals surface area contributed by atoms with Crippen molar-refractivity contribution in [1.82, 2.24) is 15.1 Å². The van der Waals surface area contributed by atoms with Crippen LogP contribution >= 0.6 is 11.8 Å². The molecule has 0 aromatic carbocycles. The Morgan fingerprint density at radius 3 is 3.11 bits per heavy atom. The number of hydrogen-bond donors (Lipinski definition) is 1. The molecular formula is C14H22N4S. The molecule has 3 rings (SSSR count). The molecule has 1 aromatic rings. The number of amidine groups is 1. The summed E-state index contributed by atoms with van der Waals surface area (Å²) in [5.74, 6) is 2.10. The van der Waals surface area contributed by atoms with Crippen LogP contribution in [0.2, 0.25) is 0 Å². The van der Waals surface area contributed by atoms with Crippen molar-refractivity contribution in [1.29, 1.82) is 0 Å². The highest BCUT2D eigenvalue weighted by Gasteiger charge is 2.39. The Kier molecular flexibility index (Phi) is 3.82. The van der Waals surface area contributed by atoms with Gasteiger partial charge in [0, 0.05) is 23.7 Å². The van der Waals surface area contributed by atoms with Gasteiger partial charge in [0.1, 0.15) is 0 Å². The standard InChI is InChI=1S/C14H22N4S/c1-12-3-5-14(6-4-12)11-19-13(17-14)15-8-10-18-9-2-7-16-18/h2,7,9,12H,3-6,8,10-11H2,1H3,(H,15,17). The summed E-state index contributed by atoms with van der Waals surface area (Å²) in [5.41, 5.74) is 0.349. The van der Waals surface area contributed by atoms with Crippen molar-refractivity contribution in [2.45, 2.75) is 44.7 Å². The van der Waals surface area contributed by atoms with Gasteiger partial charge in [-0.15, -0.1) is 0 Å². The van der Waals surface area contributed by atoms with E-state index in [1.807, 2.05) is 34.9 Å². The molecule has 104 valence electrons. The van der Waals surface area contributed by atoms with Gasteiger partial charge in [0.05, 0.1) is 13.1 Å². The maximum Gasteiger partial charge on any atom is 0.157 e. The van der Waals surface area contributed by atoms with Gasteiger partial charge >= 0.3 is 0 Å². The Hall–Kier alpha value is -0.970. The van der Waals surface area contributed by atoms with Crippen molar-refractivity contribution in [3.8, 4) is 0 Å². The summed E-state index contributed by atoms with van der Waals surface area (Å²) in [4.78, 5) is 4.67. The molecule has 0 unspecified atom stereocenters. The quantitative estimate of drug-likeness (QED) is 0.924. The van der Waals surface area contributed by atoms with Crippen molar-refractivity contribution < 1.29 is 0 Å². The van der Waals surface area contributed by atoms with E-state index in [0.717, 1.165) is 24.2 Å². The van der Waals surface area contributed by atoms with Crippen LogP contribution in [0, 0.1) is 5.92 Å². The summed E-state index contributed by atoms with van der Waals surface area (Å²) in [6.07, 6.45) is 9.12. The molecule has 1 aliphatic carbocycles. The van der Waals surface area contributed by atoms with Gasteiger partial charge in [0.2, 0.25) is 0 Å². The molecule has 19 heavy (non-hydrogen) atoms. The van der Waals surface area contributed by atoms with E-state index in [0.29, 0.717) is 5.54 Å². The molecule has 1 saturated heterocycles. The van der Waals surface area contributed by atoms with Gasteiger partial charge in [-0.25, -0.2) is 0 Å². The summed E-state index contributed by atoms with van der Waals surface area (Å²) in [7, 11) is 0. The van der Waals surface area contributed by atoms with Crippen LogP contribution in [0.4, 0.5) is 0 Å². The van der Waals surface area contributed by atoms with Crippen LogP contribution in [0.3, 0.4) is 0 Å². The molecule has 2 fully saturated rings. The Bertz CT molecular complexity index is 432. The van der Waals surface area contributed by atoms with Crippen LogP contribution in [0.25, 0.3) is 0 Å². The van der Waals surface area contributed by atoms with Crippen molar-refractivity contribution in [3.63, 3.8) is 0 Å². The Morgan fingerprint density at radius 2 is 2.37 bits per heavy atom. The molecule has 1 saturated carbocycles. The zero-order valence-corrected chi connectivity index (χ0v) is 12.3. The monoisotopic (exact) mass is 278 g/mol. The molecule has 2 heterocycles. The minimum absolute atomic E-state index is 0.349. The smallest absolute Gasteiger partial charge is 0.157 e. The van der Waals surface area contributed by atoms with E-state index in [2.05, 4.69) is 22.3 Å². The first-order chi connectivity index (χ1) is 9.26. The number of aliphatic imine (C=N–C) groups is 1. The van der Waals surface area contributed by atoms with E-state index in [-0.39, 0.29) is 0 Å². The highest BCUT2D eigenvalue weighted by atomic mass is 32.2. The lowest BCUT2D eigenvalue weighted by Crippen LogP contribution is -2.46. The molecule has 0 atom stereocenters. The molecule has 1 spiro atoms. The molecule has 0 amide bonds. The van der Waals surface area contributed by atoms with E-state index >= 15 is 0 Å². The first-order valence-corrected chi connectivity index (χ1v) is 8.17. The number of nitrogens with zero attached hydrogens (tertiary/aromatic N) is 3. The van der Waals surface area contributed by atoms with E-state index in [4.69, 9.17) is 0 Å². The summed E-state index contributed by atoms with van der Waals surface area (Å²) >= 11 is 1.90. The summed E-state index contributed by atoms with van der Waals surface area (Å²) in [5, 5.41) is 9.02. The lowest BCUT2D eigenvalue weighted by Gasteiger charge is -2.35. The minimum Gasteiger partial charge on any atom is -0.359 e. The number of thioether (sulfide) groups is 1. The van der Waals surface area contributed by atoms with Crippen LogP contribution in [-0.4, -0.2) is 32.8 Å². The van der Waals surface area contributed by atoms with E-state index < -0.39 is 0 Å². The van der Waals surface area contributed by atoms with Crippen LogP contribution in [0.1, 0.15) is 32.6 Å². The van der Waals surface area contributed by atoms with Gasteiger partial charge in [-0.1, -0.05) is 18.7 Å². The Balaban J connectivity index is 1.51. The molecule has 1 aromatic heterocycles. The van der Waals surface area contributed by atoms with Crippen LogP contribution in [-0.2, 0) is 6.54 Å². The number of aromatic nitrogens is 2. The maximum absolute atomic E-state index is 4.67. The van der Waals surface area contributed by atoms with Crippen molar-refractivity contribution >= 4 is 16.9 Å². The average molecular weight is 278 g/mol. The topological polar surface area (TPSA) is 42.2 Å². The van der Waals surface area contributed by atoms with Crippen LogP contribution < -0.4 is 5.32 Å². The third-order valence-electron chi connectivity index (χ3n) is 4.23. The highest BCUT2D eigenvalue weighted by molar-refractivity contribution is 8.14. The second-order valence-corrected chi connectivity index (χ2v) is 6.80. The van der Waals surface area contributed by atoms with Crippen molar-refractivity contribution in [2.75, 3.05) is 12.3 Å². The van der Waals surface area contributed by atoms with Gasteiger partial charge in [-0.2, -0.15) is 5.10 Å². The highest BCUT2D eigenvalue weighted by Crippen LogP contribution is 2.38. The number of rotatable bonds is 3. The van der Waals surface area contributed by atoms with Gasteiger partial charge in [0.15, 0.2) is 5.17 Å². The molecule has 2 aliphatic rings. The predicted molar refractivity (Wildman–Crippen MR) is 80.5 cm³/mol. The van der Waals surface area contributed by atoms with Gasteiger partial charge in [-0.3, -0.25) is 9.67 Å². The van der Waals surface area contributed by atoms with Gasteiger partial charge in [-0.05, 0) is 37.7 Å². The molecule has 1 N–H and O–H groups in total. The fourth-order valence-corrected chi connectivity index (χ4v) is 4.11. The summed E-state index contributed by atoms with van der Waals surface area (Å²) < 4.78 is 1.93. The molecule has 5 heteroatoms. The summed E-state index contributed by atoms with van der Waals surface area (Å²) in [6, 6.07) is 1.95. The number of hydrogen-bond acceptors (Lipinski definition) is 3. The predicted octanol–water partition coefficient (Wildman–Crippen LogP) is 2.52. The fourth-order valence-electron chi connectivity index (χ4n) is 2.86. The fraction of sp³-hybridized carbons (Fsp3) is 0.714. The van der Waals surface area contributed by atoms with Gasteiger partial charge < -0.3 is 5.32 Å². The normalized spacial score (nSPS) is 32.9. The first kappa shape index (κ1) is 13.0. The van der Waals surface area contributed by atoms with Crippen LogP contribution in [0.15, 0.2) is 23.5 Å². The average Bonchev–Trinajstić information content (AvgIpc) is 3.05. The zero-order chi connectivity index (χ0) is 13.1. The third-order valence-corrected chi connectivity index (χ3v) is 5.43. The molecule has 0 radical (unpaired) electrons. The van der Waals surface area contributed by atoms with E-state index in [9.17, 15) is 0 Å². The first-order valence-electron chi connectivity index (χ1n) is 7.19. The van der Waals surface area contributed by atoms with Crippen LogP contribution in [0.5, 0.6) is 0 Å². The van der Waals surface area contributed by atoms with Crippen molar-refractivity contribution in [3.05, 3.63) is 18.5 Å². The summed E-state index contributed by atoms with van der Waals surface area (Å²) in [6.45, 7) is 4.04. The van der Waals surface area contributed by atoms with E-state index in [1.165, 1.54) is 31.4 Å². The Morgan fingerprint density at radius 1 is 1.53 bits per heavy atom. The zero-order valence-electron chi connectivity index (χ0n) is 11.5. The molecule has 4 nitrogen and oxygen atoms in total. The van der Waals surface area contributed by atoms with Gasteiger partial charge in [0.25, 0.3) is 0 Å². The van der Waals surface area contributed by atoms with Crippen molar-refractivity contribution in [2.24, 2.45) is 10.9 Å².